The molecule has 0 atom stereocenters. The van der Waals surface area contributed by atoms with E-state index in [1.54, 1.807) is 13.0 Å². The molecule has 0 saturated carbocycles. The van der Waals surface area contributed by atoms with Crippen LogP contribution in [-0.4, -0.2) is 39.7 Å². The van der Waals surface area contributed by atoms with Gasteiger partial charge in [0.1, 0.15) is 28.6 Å². The van der Waals surface area contributed by atoms with Gasteiger partial charge in [0.15, 0.2) is 17.3 Å². The van der Waals surface area contributed by atoms with Crippen molar-refractivity contribution in [3.63, 3.8) is 0 Å². The zero-order chi connectivity index (χ0) is 19.3. The highest BCUT2D eigenvalue weighted by atomic mass is 16.6. The van der Waals surface area contributed by atoms with Crippen LogP contribution in [0, 0.1) is 6.92 Å². The third-order valence-corrected chi connectivity index (χ3v) is 4.34. The molecule has 140 valence electrons. The predicted molar refractivity (Wildman–Crippen MR) is 94.6 cm³/mol. The number of phenols is 3. The van der Waals surface area contributed by atoms with Crippen LogP contribution in [0.1, 0.15) is 5.56 Å². The molecule has 0 unspecified atom stereocenters. The van der Waals surface area contributed by atoms with Crippen LogP contribution in [0.5, 0.6) is 28.7 Å². The average molecular weight is 372 g/mol. The van der Waals surface area contributed by atoms with Crippen LogP contribution in [0.2, 0.25) is 0 Å². The smallest absolute Gasteiger partial charge is 0.238 e. The van der Waals surface area contributed by atoms with E-state index in [0.717, 1.165) is 12.1 Å². The molecule has 0 radical (unpaired) electrons. The molecule has 27 heavy (non-hydrogen) atoms. The van der Waals surface area contributed by atoms with Gasteiger partial charge in [0, 0.05) is 17.7 Å². The molecule has 1 aliphatic heterocycles. The number of hydrogen-bond acceptors (Lipinski definition) is 8. The van der Waals surface area contributed by atoms with E-state index in [1.165, 1.54) is 6.07 Å². The summed E-state index contributed by atoms with van der Waals surface area (Å²) in [6, 6.07) is 5.01. The largest absolute Gasteiger partial charge is 0.508 e. The number of aromatic hydroxyl groups is 4. The fourth-order valence-corrected chi connectivity index (χ4v) is 2.96. The molecule has 2 aromatic carbocycles. The Balaban J connectivity index is 1.87. The number of aryl methyl sites for hydroxylation is 1. The lowest BCUT2D eigenvalue weighted by Crippen LogP contribution is -2.38. The summed E-state index contributed by atoms with van der Waals surface area (Å²) in [5.74, 6) is -1.63. The van der Waals surface area contributed by atoms with E-state index < -0.39 is 16.9 Å². The summed E-state index contributed by atoms with van der Waals surface area (Å²) in [6.07, 6.45) is -0.140. The number of benzene rings is 2. The van der Waals surface area contributed by atoms with Gasteiger partial charge in [0.2, 0.25) is 11.2 Å². The van der Waals surface area contributed by atoms with Crippen molar-refractivity contribution in [3.05, 3.63) is 40.1 Å². The molecule has 0 spiro atoms. The first-order chi connectivity index (χ1) is 12.8. The first-order valence-corrected chi connectivity index (χ1v) is 8.15. The van der Waals surface area contributed by atoms with Crippen LogP contribution < -0.4 is 10.2 Å². The molecule has 1 saturated heterocycles. The summed E-state index contributed by atoms with van der Waals surface area (Å²) >= 11 is 0. The summed E-state index contributed by atoms with van der Waals surface area (Å²) in [5.41, 5.74) is -0.151. The van der Waals surface area contributed by atoms with Crippen LogP contribution in [0.15, 0.2) is 33.5 Å². The number of hydrogen-bond donors (Lipinski definition) is 4. The van der Waals surface area contributed by atoms with E-state index in [-0.39, 0.29) is 45.6 Å². The highest BCUT2D eigenvalue weighted by Gasteiger charge is 2.24. The Bertz CT molecular complexity index is 1090. The molecule has 0 bridgehead atoms. The third-order valence-electron chi connectivity index (χ3n) is 4.34. The van der Waals surface area contributed by atoms with Crippen molar-refractivity contribution >= 4 is 11.0 Å². The van der Waals surface area contributed by atoms with E-state index in [0.29, 0.717) is 18.8 Å². The molecule has 4 rings (SSSR count). The van der Waals surface area contributed by atoms with E-state index in [2.05, 4.69) is 0 Å². The lowest BCUT2D eigenvalue weighted by Gasteiger charge is -2.27. The maximum absolute atomic E-state index is 12.4. The second-order valence-electron chi connectivity index (χ2n) is 6.37. The van der Waals surface area contributed by atoms with Gasteiger partial charge in [-0.25, -0.2) is 0 Å². The molecule has 8 heteroatoms. The molecule has 4 N–H and O–H groups in total. The molecular weight excluding hydrogens is 356 g/mol. The van der Waals surface area contributed by atoms with Crippen molar-refractivity contribution in [2.75, 3.05) is 13.2 Å². The van der Waals surface area contributed by atoms with E-state index in [9.17, 15) is 25.2 Å². The van der Waals surface area contributed by atoms with Crippen molar-refractivity contribution in [1.29, 1.82) is 0 Å². The van der Waals surface area contributed by atoms with Crippen LogP contribution in [0.4, 0.5) is 0 Å². The summed E-state index contributed by atoms with van der Waals surface area (Å²) in [7, 11) is 0. The summed E-state index contributed by atoms with van der Waals surface area (Å²) in [4.78, 5) is 12.4. The monoisotopic (exact) mass is 372 g/mol. The average Bonchev–Trinajstić information content (AvgIpc) is 2.55. The van der Waals surface area contributed by atoms with Crippen molar-refractivity contribution < 1.29 is 34.3 Å². The van der Waals surface area contributed by atoms with Gasteiger partial charge < -0.3 is 34.3 Å². The fraction of sp³-hybridized carbons (Fsp3) is 0.211. The van der Waals surface area contributed by atoms with Crippen molar-refractivity contribution in [1.82, 2.24) is 0 Å². The van der Waals surface area contributed by atoms with E-state index in [1.807, 2.05) is 0 Å². The molecule has 1 fully saturated rings. The lowest BCUT2D eigenvalue weighted by molar-refractivity contribution is -0.0805. The zero-order valence-electron chi connectivity index (χ0n) is 14.2. The van der Waals surface area contributed by atoms with E-state index >= 15 is 0 Å². The minimum Gasteiger partial charge on any atom is -0.508 e. The normalized spacial score (nSPS) is 14.3. The van der Waals surface area contributed by atoms with Gasteiger partial charge in [0.25, 0.3) is 0 Å². The standard InChI is InChI=1S/C19H16O8/c1-8-2-9(3-13(22)18(8)26-11-6-25-7-11)19-17(24)16(23)15-12(21)4-10(20)5-14(15)27-19/h2-5,11,20-22,24H,6-7H2,1H3. The number of fused-ring (bicyclic) bond motifs is 1. The molecule has 3 aromatic rings. The second-order valence-corrected chi connectivity index (χ2v) is 6.37. The van der Waals surface area contributed by atoms with E-state index in [4.69, 9.17) is 13.9 Å². The van der Waals surface area contributed by atoms with Gasteiger partial charge >= 0.3 is 0 Å². The predicted octanol–water partition coefficient (Wildman–Crippen LogP) is 2.37. The van der Waals surface area contributed by atoms with Crippen molar-refractivity contribution in [2.45, 2.75) is 13.0 Å². The third kappa shape index (κ3) is 2.80. The van der Waals surface area contributed by atoms with Gasteiger partial charge in [-0.05, 0) is 24.6 Å². The van der Waals surface area contributed by atoms with Crippen LogP contribution in [0.3, 0.4) is 0 Å². The summed E-state index contributed by atoms with van der Waals surface area (Å²) in [5, 5.41) is 39.8. The van der Waals surface area contributed by atoms with Gasteiger partial charge in [-0.2, -0.15) is 0 Å². The second kappa shape index (κ2) is 6.10. The Morgan fingerprint density at radius 2 is 1.78 bits per heavy atom. The topological polar surface area (TPSA) is 130 Å². The van der Waals surface area contributed by atoms with Gasteiger partial charge in [-0.3, -0.25) is 4.79 Å². The maximum Gasteiger partial charge on any atom is 0.238 e. The van der Waals surface area contributed by atoms with Crippen molar-refractivity contribution in [2.24, 2.45) is 0 Å². The van der Waals surface area contributed by atoms with Gasteiger partial charge in [-0.1, -0.05) is 0 Å². The minimum absolute atomic E-state index is 0.102. The highest BCUT2D eigenvalue weighted by molar-refractivity contribution is 5.88. The molecule has 2 heterocycles. The number of rotatable bonds is 3. The number of phenolic OH excluding ortho intramolecular Hbond substituents is 3. The molecular formula is C19H16O8. The fourth-order valence-electron chi connectivity index (χ4n) is 2.96. The van der Waals surface area contributed by atoms with Crippen LogP contribution in [0.25, 0.3) is 22.3 Å². The summed E-state index contributed by atoms with van der Waals surface area (Å²) < 4.78 is 16.2. The Morgan fingerprint density at radius 3 is 2.41 bits per heavy atom. The first-order valence-electron chi connectivity index (χ1n) is 8.15. The van der Waals surface area contributed by atoms with Crippen molar-refractivity contribution in [3.8, 4) is 40.1 Å². The molecule has 8 nitrogen and oxygen atoms in total. The molecule has 1 aromatic heterocycles. The molecule has 0 aliphatic carbocycles. The number of ether oxygens (including phenoxy) is 2. The quantitative estimate of drug-likeness (QED) is 0.551. The van der Waals surface area contributed by atoms with Crippen LogP contribution in [-0.2, 0) is 4.74 Å². The van der Waals surface area contributed by atoms with Gasteiger partial charge in [-0.15, -0.1) is 0 Å². The summed E-state index contributed by atoms with van der Waals surface area (Å²) in [6.45, 7) is 2.58. The minimum atomic E-state index is -0.854. The molecule has 0 amide bonds. The zero-order valence-corrected chi connectivity index (χ0v) is 14.2. The Morgan fingerprint density at radius 1 is 1.04 bits per heavy atom. The van der Waals surface area contributed by atoms with Gasteiger partial charge in [0.05, 0.1) is 13.2 Å². The SMILES string of the molecule is Cc1cc(-c2oc3cc(O)cc(O)c3c(=O)c2O)cc(O)c1OC1COC1. The molecule has 1 aliphatic rings. The Hall–Kier alpha value is -3.39. The van der Waals surface area contributed by atoms with Crippen LogP contribution >= 0.6 is 0 Å². The first kappa shape index (κ1) is 17.0. The highest BCUT2D eigenvalue weighted by Crippen LogP contribution is 2.40. The Labute approximate surface area is 152 Å². The maximum atomic E-state index is 12.4. The Kier molecular flexibility index (Phi) is 3.85. The lowest BCUT2D eigenvalue weighted by atomic mass is 10.1.